The highest BCUT2D eigenvalue weighted by Gasteiger charge is 2.24. The summed E-state index contributed by atoms with van der Waals surface area (Å²) in [4.78, 5) is 15.0. The molecule has 2 aliphatic rings. The zero-order valence-corrected chi connectivity index (χ0v) is 17.1. The number of hydrogen-bond donors (Lipinski definition) is 1. The van der Waals surface area contributed by atoms with Crippen LogP contribution in [0.25, 0.3) is 0 Å². The van der Waals surface area contributed by atoms with Crippen LogP contribution < -0.4 is 10.1 Å². The number of amides is 1. The third-order valence-electron chi connectivity index (χ3n) is 5.58. The standard InChI is InChI=1S/C21H32N2O3.ClH/c1-25-20-7-3-2-5-18(20)15-23(16-19-6-4-14-26-19)21(24)9-8-17-10-12-22-13-11-17;/h2-3,5,7,17,19,22H,4,6,8-16H2,1H3;1H. The molecule has 1 N–H and O–H groups in total. The Morgan fingerprint density at radius 3 is 2.74 bits per heavy atom. The van der Waals surface area contributed by atoms with E-state index >= 15 is 0 Å². The summed E-state index contributed by atoms with van der Waals surface area (Å²) >= 11 is 0. The Labute approximate surface area is 169 Å². The van der Waals surface area contributed by atoms with Crippen molar-refractivity contribution in [1.29, 1.82) is 0 Å². The van der Waals surface area contributed by atoms with Gasteiger partial charge in [-0.25, -0.2) is 0 Å². The van der Waals surface area contributed by atoms with Crippen LogP contribution in [0.5, 0.6) is 5.75 Å². The van der Waals surface area contributed by atoms with Crippen molar-refractivity contribution in [3.63, 3.8) is 0 Å². The van der Waals surface area contributed by atoms with E-state index in [1.165, 1.54) is 12.8 Å². The lowest BCUT2D eigenvalue weighted by molar-refractivity contribution is -0.133. The molecule has 0 bridgehead atoms. The summed E-state index contributed by atoms with van der Waals surface area (Å²) in [6.45, 7) is 4.26. The Morgan fingerprint density at radius 2 is 2.04 bits per heavy atom. The molecule has 27 heavy (non-hydrogen) atoms. The molecular weight excluding hydrogens is 364 g/mol. The minimum absolute atomic E-state index is 0. The minimum atomic E-state index is 0. The van der Waals surface area contributed by atoms with E-state index < -0.39 is 0 Å². The second kappa shape index (κ2) is 11.5. The number of carbonyl (C=O) groups is 1. The highest BCUT2D eigenvalue weighted by atomic mass is 35.5. The number of benzene rings is 1. The Bertz CT molecular complexity index is 572. The minimum Gasteiger partial charge on any atom is -0.496 e. The fourth-order valence-electron chi connectivity index (χ4n) is 3.98. The lowest BCUT2D eigenvalue weighted by atomic mass is 9.93. The first kappa shape index (κ1) is 22.0. The third-order valence-corrected chi connectivity index (χ3v) is 5.58. The van der Waals surface area contributed by atoms with Crippen LogP contribution in [0.3, 0.4) is 0 Å². The summed E-state index contributed by atoms with van der Waals surface area (Å²) in [5.41, 5.74) is 1.06. The fourth-order valence-corrected chi connectivity index (χ4v) is 3.98. The fraction of sp³-hybridized carbons (Fsp3) is 0.667. The van der Waals surface area contributed by atoms with Crippen LogP contribution in [0.2, 0.25) is 0 Å². The van der Waals surface area contributed by atoms with Crippen LogP contribution >= 0.6 is 12.4 Å². The topological polar surface area (TPSA) is 50.8 Å². The first-order valence-corrected chi connectivity index (χ1v) is 9.98. The molecular formula is C21H33ClN2O3. The molecule has 1 amide bonds. The molecule has 1 aromatic rings. The van der Waals surface area contributed by atoms with Gasteiger partial charge < -0.3 is 19.7 Å². The highest BCUT2D eigenvalue weighted by molar-refractivity contribution is 5.85. The molecule has 0 aliphatic carbocycles. The summed E-state index contributed by atoms with van der Waals surface area (Å²) in [5.74, 6) is 1.76. The maximum absolute atomic E-state index is 13.0. The second-order valence-electron chi connectivity index (χ2n) is 7.45. The molecule has 2 saturated heterocycles. The van der Waals surface area contributed by atoms with Gasteiger partial charge in [0.2, 0.25) is 5.91 Å². The third kappa shape index (κ3) is 6.66. The van der Waals surface area contributed by atoms with E-state index in [2.05, 4.69) is 5.32 Å². The molecule has 0 aromatic heterocycles. The van der Waals surface area contributed by atoms with Crippen LogP contribution in [0.1, 0.15) is 44.1 Å². The lowest BCUT2D eigenvalue weighted by Crippen LogP contribution is -2.37. The van der Waals surface area contributed by atoms with Gasteiger partial charge in [0.25, 0.3) is 0 Å². The number of nitrogens with one attached hydrogen (secondary N) is 1. The van der Waals surface area contributed by atoms with Crippen molar-refractivity contribution in [2.45, 2.75) is 51.2 Å². The number of carbonyl (C=O) groups excluding carboxylic acids is 1. The van der Waals surface area contributed by atoms with Crippen molar-refractivity contribution in [1.82, 2.24) is 10.2 Å². The number of ether oxygens (including phenoxy) is 2. The molecule has 0 saturated carbocycles. The molecule has 1 aromatic carbocycles. The van der Waals surface area contributed by atoms with Crippen LogP contribution in [0.15, 0.2) is 24.3 Å². The summed E-state index contributed by atoms with van der Waals surface area (Å²) in [7, 11) is 1.68. The lowest BCUT2D eigenvalue weighted by Gasteiger charge is -2.28. The average Bonchev–Trinajstić information content (AvgIpc) is 3.20. The monoisotopic (exact) mass is 396 g/mol. The maximum atomic E-state index is 13.0. The number of para-hydroxylation sites is 1. The van der Waals surface area contributed by atoms with E-state index in [1.807, 2.05) is 29.2 Å². The molecule has 1 unspecified atom stereocenters. The quantitative estimate of drug-likeness (QED) is 0.731. The van der Waals surface area contributed by atoms with E-state index in [-0.39, 0.29) is 24.4 Å². The number of rotatable bonds is 8. The van der Waals surface area contributed by atoms with Crippen molar-refractivity contribution >= 4 is 18.3 Å². The van der Waals surface area contributed by atoms with E-state index in [0.717, 1.165) is 50.3 Å². The number of nitrogens with zero attached hydrogens (tertiary/aromatic N) is 1. The normalized spacial score (nSPS) is 20.1. The predicted octanol–water partition coefficient (Wildman–Crippen LogP) is 3.40. The van der Waals surface area contributed by atoms with Crippen LogP contribution in [0.4, 0.5) is 0 Å². The average molecular weight is 397 g/mol. The molecule has 0 radical (unpaired) electrons. The van der Waals surface area contributed by atoms with Crippen LogP contribution in [-0.2, 0) is 16.1 Å². The smallest absolute Gasteiger partial charge is 0.222 e. The van der Waals surface area contributed by atoms with Gasteiger partial charge in [0.15, 0.2) is 0 Å². The van der Waals surface area contributed by atoms with Crippen LogP contribution in [0, 0.1) is 5.92 Å². The second-order valence-corrected chi connectivity index (χ2v) is 7.45. The van der Waals surface area contributed by atoms with Crippen molar-refractivity contribution in [3.05, 3.63) is 29.8 Å². The Balaban J connectivity index is 0.00000261. The van der Waals surface area contributed by atoms with Crippen molar-refractivity contribution < 1.29 is 14.3 Å². The zero-order valence-electron chi connectivity index (χ0n) is 16.3. The molecule has 2 fully saturated rings. The van der Waals surface area contributed by atoms with Gasteiger partial charge in [-0.2, -0.15) is 0 Å². The SMILES string of the molecule is COc1ccccc1CN(CC1CCCO1)C(=O)CCC1CCNCC1.Cl. The number of hydrogen-bond acceptors (Lipinski definition) is 4. The largest absolute Gasteiger partial charge is 0.496 e. The zero-order chi connectivity index (χ0) is 18.2. The number of piperidine rings is 1. The van der Waals surface area contributed by atoms with Gasteiger partial charge in [0.05, 0.1) is 13.2 Å². The van der Waals surface area contributed by atoms with Crippen molar-refractivity contribution in [2.24, 2.45) is 5.92 Å². The van der Waals surface area contributed by atoms with Gasteiger partial charge in [-0.15, -0.1) is 12.4 Å². The Morgan fingerprint density at radius 1 is 1.26 bits per heavy atom. The van der Waals surface area contributed by atoms with Gasteiger partial charge in [0, 0.05) is 31.7 Å². The van der Waals surface area contributed by atoms with E-state index in [4.69, 9.17) is 9.47 Å². The van der Waals surface area contributed by atoms with Gasteiger partial charge >= 0.3 is 0 Å². The maximum Gasteiger partial charge on any atom is 0.222 e. The van der Waals surface area contributed by atoms with E-state index in [9.17, 15) is 4.79 Å². The van der Waals surface area contributed by atoms with E-state index in [0.29, 0.717) is 25.4 Å². The Kier molecular flexibility index (Phi) is 9.39. The van der Waals surface area contributed by atoms with Gasteiger partial charge in [-0.05, 0) is 57.2 Å². The number of methoxy groups -OCH3 is 1. The molecule has 1 atom stereocenters. The molecule has 2 heterocycles. The summed E-state index contributed by atoms with van der Waals surface area (Å²) in [6.07, 6.45) is 6.31. The van der Waals surface area contributed by atoms with Crippen molar-refractivity contribution in [3.8, 4) is 5.75 Å². The number of halogens is 1. The first-order valence-electron chi connectivity index (χ1n) is 9.98. The first-order chi connectivity index (χ1) is 12.8. The highest BCUT2D eigenvalue weighted by Crippen LogP contribution is 2.23. The van der Waals surface area contributed by atoms with Gasteiger partial charge in [-0.3, -0.25) is 4.79 Å². The summed E-state index contributed by atoms with van der Waals surface area (Å²) in [6, 6.07) is 7.97. The van der Waals surface area contributed by atoms with Gasteiger partial charge in [0.1, 0.15) is 5.75 Å². The molecule has 3 rings (SSSR count). The van der Waals surface area contributed by atoms with Gasteiger partial charge in [-0.1, -0.05) is 18.2 Å². The molecule has 0 spiro atoms. The summed E-state index contributed by atoms with van der Waals surface area (Å²) < 4.78 is 11.3. The predicted molar refractivity (Wildman–Crippen MR) is 109 cm³/mol. The Hall–Kier alpha value is -1.30. The van der Waals surface area contributed by atoms with E-state index in [1.54, 1.807) is 7.11 Å². The van der Waals surface area contributed by atoms with Crippen LogP contribution in [-0.4, -0.2) is 50.3 Å². The van der Waals surface area contributed by atoms with Crippen molar-refractivity contribution in [2.75, 3.05) is 33.4 Å². The molecule has 152 valence electrons. The summed E-state index contributed by atoms with van der Waals surface area (Å²) in [5, 5.41) is 3.39. The molecule has 2 aliphatic heterocycles. The molecule has 6 heteroatoms. The molecule has 5 nitrogen and oxygen atoms in total.